The van der Waals surface area contributed by atoms with Gasteiger partial charge in [-0.05, 0) is 41.9 Å². The molecule has 0 spiro atoms. The molecule has 0 bridgehead atoms. The monoisotopic (exact) mass is 487 g/mol. The second kappa shape index (κ2) is 8.48. The van der Waals surface area contributed by atoms with Gasteiger partial charge in [0.25, 0.3) is 10.0 Å². The Kier molecular flexibility index (Phi) is 5.70. The first-order valence-electron chi connectivity index (χ1n) is 9.22. The molecule has 0 unspecified atom stereocenters. The van der Waals surface area contributed by atoms with Crippen LogP contribution in [0.25, 0.3) is 10.9 Å². The minimum Gasteiger partial charge on any atom is -0.464 e. The summed E-state index contributed by atoms with van der Waals surface area (Å²) in [6, 6.07) is 13.6. The van der Waals surface area contributed by atoms with Crippen LogP contribution in [-0.2, 0) is 14.8 Å². The van der Waals surface area contributed by atoms with Gasteiger partial charge in [0.2, 0.25) is 16.8 Å². The molecule has 13 heteroatoms. The van der Waals surface area contributed by atoms with Crippen LogP contribution >= 0.6 is 11.6 Å². The molecule has 168 valence electrons. The first kappa shape index (κ1) is 22.2. The van der Waals surface area contributed by atoms with Crippen molar-refractivity contribution in [2.45, 2.75) is 4.90 Å². The number of benzene rings is 2. The van der Waals surface area contributed by atoms with Gasteiger partial charge in [0.05, 0.1) is 22.6 Å². The van der Waals surface area contributed by atoms with Gasteiger partial charge in [-0.2, -0.15) is 4.98 Å². The largest absolute Gasteiger partial charge is 0.464 e. The lowest BCUT2D eigenvalue weighted by molar-refractivity contribution is -0.384. The Morgan fingerprint density at radius 2 is 1.85 bits per heavy atom. The summed E-state index contributed by atoms with van der Waals surface area (Å²) in [5, 5.41) is 11.9. The maximum atomic E-state index is 13.8. The SMILES string of the molecule is COC(=O)c1nc(Cl)nc(N(c2cccc3[nH]ccc23)S(=O)(=O)c2ccccc2)c1[N+](=O)[O-]. The van der Waals surface area contributed by atoms with Gasteiger partial charge in [0, 0.05) is 17.1 Å². The molecule has 4 rings (SSSR count). The van der Waals surface area contributed by atoms with Gasteiger partial charge >= 0.3 is 11.7 Å². The molecule has 2 aromatic heterocycles. The molecule has 0 atom stereocenters. The molecule has 0 aliphatic rings. The van der Waals surface area contributed by atoms with Gasteiger partial charge in [-0.3, -0.25) is 10.1 Å². The summed E-state index contributed by atoms with van der Waals surface area (Å²) in [6.07, 6.45) is 1.59. The average Bonchev–Trinajstić information content (AvgIpc) is 3.28. The molecule has 0 radical (unpaired) electrons. The van der Waals surface area contributed by atoms with E-state index in [1.54, 1.807) is 30.5 Å². The highest BCUT2D eigenvalue weighted by molar-refractivity contribution is 7.93. The number of hydrogen-bond donors (Lipinski definition) is 1. The predicted octanol–water partition coefficient (Wildman–Crippen LogP) is 3.83. The van der Waals surface area contributed by atoms with Gasteiger partial charge in [0.15, 0.2) is 0 Å². The van der Waals surface area contributed by atoms with Crippen molar-refractivity contribution >= 4 is 55.7 Å². The molecule has 0 saturated carbocycles. The van der Waals surface area contributed by atoms with Crippen LogP contribution in [0.4, 0.5) is 17.2 Å². The summed E-state index contributed by atoms with van der Waals surface area (Å²) < 4.78 is 32.9. The summed E-state index contributed by atoms with van der Waals surface area (Å²) in [6.45, 7) is 0. The van der Waals surface area contributed by atoms with Crippen molar-refractivity contribution < 1.29 is 22.9 Å². The quantitative estimate of drug-likeness (QED) is 0.186. The number of aromatic amines is 1. The summed E-state index contributed by atoms with van der Waals surface area (Å²) in [5.41, 5.74) is -1.15. The van der Waals surface area contributed by atoms with E-state index in [0.29, 0.717) is 15.2 Å². The average molecular weight is 488 g/mol. The fourth-order valence-corrected chi connectivity index (χ4v) is 4.92. The summed E-state index contributed by atoms with van der Waals surface area (Å²) >= 11 is 5.97. The Balaban J connectivity index is 2.14. The first-order valence-corrected chi connectivity index (χ1v) is 11.0. The number of rotatable bonds is 6. The zero-order valence-corrected chi connectivity index (χ0v) is 18.4. The van der Waals surface area contributed by atoms with Crippen LogP contribution in [0.2, 0.25) is 5.28 Å². The summed E-state index contributed by atoms with van der Waals surface area (Å²) in [4.78, 5) is 33.6. The van der Waals surface area contributed by atoms with Crippen LogP contribution in [0.1, 0.15) is 10.5 Å². The molecular weight excluding hydrogens is 474 g/mol. The number of aromatic nitrogens is 3. The minimum atomic E-state index is -4.48. The Morgan fingerprint density at radius 3 is 2.52 bits per heavy atom. The number of sulfonamides is 1. The minimum absolute atomic E-state index is 0.0475. The fourth-order valence-electron chi connectivity index (χ4n) is 3.27. The van der Waals surface area contributed by atoms with E-state index >= 15 is 0 Å². The van der Waals surface area contributed by atoms with E-state index in [2.05, 4.69) is 19.7 Å². The van der Waals surface area contributed by atoms with Gasteiger partial charge in [-0.15, -0.1) is 0 Å². The number of ether oxygens (including phenoxy) is 1. The third kappa shape index (κ3) is 3.85. The van der Waals surface area contributed by atoms with Crippen molar-refractivity contribution in [3.63, 3.8) is 0 Å². The molecular formula is C20H14ClN5O6S. The second-order valence-corrected chi connectivity index (χ2v) is 8.69. The number of carbonyl (C=O) groups excluding carboxylic acids is 1. The standard InChI is InChI=1S/C20H14ClN5O6S/c1-32-19(27)16-17(26(28)29)18(24-20(21)23-16)25(33(30,31)12-6-3-2-4-7-12)15-9-5-8-14-13(15)10-11-22-14/h2-11,22H,1H3. The predicted molar refractivity (Wildman–Crippen MR) is 119 cm³/mol. The van der Waals surface area contributed by atoms with Gasteiger partial charge in [-0.1, -0.05) is 24.3 Å². The molecule has 1 N–H and O–H groups in total. The lowest BCUT2D eigenvalue weighted by atomic mass is 10.2. The van der Waals surface area contributed by atoms with Crippen LogP contribution < -0.4 is 4.31 Å². The third-order valence-corrected chi connectivity index (χ3v) is 6.55. The van der Waals surface area contributed by atoms with Crippen molar-refractivity contribution in [3.05, 3.63) is 81.9 Å². The van der Waals surface area contributed by atoms with Crippen molar-refractivity contribution in [1.29, 1.82) is 0 Å². The Bertz CT molecular complexity index is 1490. The molecule has 0 fully saturated rings. The van der Waals surface area contributed by atoms with E-state index in [-0.39, 0.29) is 10.6 Å². The number of fused-ring (bicyclic) bond motifs is 1. The number of anilines is 2. The molecule has 2 aromatic carbocycles. The van der Waals surface area contributed by atoms with Crippen LogP contribution in [0.3, 0.4) is 0 Å². The second-order valence-electron chi connectivity index (χ2n) is 6.56. The molecule has 2 heterocycles. The first-order chi connectivity index (χ1) is 15.8. The number of halogens is 1. The number of nitrogens with one attached hydrogen (secondary N) is 1. The number of carbonyl (C=O) groups is 1. The molecule has 4 aromatic rings. The van der Waals surface area contributed by atoms with E-state index in [9.17, 15) is 23.3 Å². The molecule has 0 aliphatic carbocycles. The Morgan fingerprint density at radius 1 is 1.12 bits per heavy atom. The highest BCUT2D eigenvalue weighted by atomic mass is 35.5. The molecule has 33 heavy (non-hydrogen) atoms. The zero-order chi connectivity index (χ0) is 23.8. The number of nitrogens with zero attached hydrogens (tertiary/aromatic N) is 4. The lowest BCUT2D eigenvalue weighted by Gasteiger charge is -2.24. The number of esters is 1. The third-order valence-electron chi connectivity index (χ3n) is 4.66. The van der Waals surface area contributed by atoms with E-state index in [4.69, 9.17) is 11.6 Å². The van der Waals surface area contributed by atoms with Crippen molar-refractivity contribution in [2.75, 3.05) is 11.4 Å². The maximum Gasteiger partial charge on any atom is 0.364 e. The zero-order valence-electron chi connectivity index (χ0n) is 16.8. The Hall–Kier alpha value is -4.03. The van der Waals surface area contributed by atoms with Gasteiger partial charge in [0.1, 0.15) is 0 Å². The van der Waals surface area contributed by atoms with Crippen molar-refractivity contribution in [1.82, 2.24) is 15.0 Å². The summed E-state index contributed by atoms with van der Waals surface area (Å²) in [5.74, 6) is -1.89. The molecule has 0 amide bonds. The van der Waals surface area contributed by atoms with E-state index in [1.165, 1.54) is 30.3 Å². The smallest absolute Gasteiger partial charge is 0.364 e. The van der Waals surface area contributed by atoms with E-state index in [1.807, 2.05) is 0 Å². The number of methoxy groups -OCH3 is 1. The van der Waals surface area contributed by atoms with Crippen molar-refractivity contribution in [2.24, 2.45) is 0 Å². The Labute approximate surface area is 191 Å². The fraction of sp³-hybridized carbons (Fsp3) is 0.0500. The van der Waals surface area contributed by atoms with Crippen LogP contribution in [0.15, 0.2) is 65.7 Å². The van der Waals surface area contributed by atoms with Crippen LogP contribution in [0.5, 0.6) is 0 Å². The van der Waals surface area contributed by atoms with Gasteiger partial charge in [-0.25, -0.2) is 22.5 Å². The van der Waals surface area contributed by atoms with E-state index < -0.39 is 43.4 Å². The number of nitro groups is 1. The van der Waals surface area contributed by atoms with Crippen molar-refractivity contribution in [3.8, 4) is 0 Å². The van der Waals surface area contributed by atoms with E-state index in [0.717, 1.165) is 7.11 Å². The molecule has 0 aliphatic heterocycles. The summed E-state index contributed by atoms with van der Waals surface area (Å²) in [7, 11) is -3.48. The molecule has 11 nitrogen and oxygen atoms in total. The normalized spacial score (nSPS) is 11.3. The maximum absolute atomic E-state index is 13.8. The number of H-pyrrole nitrogens is 1. The topological polar surface area (TPSA) is 148 Å². The van der Waals surface area contributed by atoms with Gasteiger partial charge < -0.3 is 9.72 Å². The van der Waals surface area contributed by atoms with Crippen LogP contribution in [-0.4, -0.2) is 41.4 Å². The highest BCUT2D eigenvalue weighted by Crippen LogP contribution is 2.41. The highest BCUT2D eigenvalue weighted by Gasteiger charge is 2.39. The molecule has 0 saturated heterocycles. The van der Waals surface area contributed by atoms with Crippen LogP contribution in [0, 0.1) is 10.1 Å². The number of hydrogen-bond acceptors (Lipinski definition) is 8. The lowest BCUT2D eigenvalue weighted by Crippen LogP contribution is -2.29.